The fourth-order valence-corrected chi connectivity index (χ4v) is 2.58. The summed E-state index contributed by atoms with van der Waals surface area (Å²) in [6.07, 6.45) is -0.190. The van der Waals surface area contributed by atoms with Gasteiger partial charge in [-0.25, -0.2) is 0 Å². The zero-order valence-corrected chi connectivity index (χ0v) is 12.5. The Bertz CT molecular complexity index is 626. The van der Waals surface area contributed by atoms with E-state index >= 15 is 0 Å². The molecule has 0 bridgehead atoms. The van der Waals surface area contributed by atoms with Crippen LogP contribution in [-0.2, 0) is 6.42 Å². The van der Waals surface area contributed by atoms with Gasteiger partial charge in [-0.1, -0.05) is 34.1 Å². The molecular formula is C15H14BrNO3. The maximum Gasteiger partial charge on any atom is 0.269 e. The van der Waals surface area contributed by atoms with Gasteiger partial charge in [0.1, 0.15) is 0 Å². The zero-order valence-electron chi connectivity index (χ0n) is 10.9. The first-order valence-electron chi connectivity index (χ1n) is 6.15. The highest BCUT2D eigenvalue weighted by molar-refractivity contribution is 9.10. The monoisotopic (exact) mass is 335 g/mol. The molecule has 0 amide bonds. The van der Waals surface area contributed by atoms with Crippen molar-refractivity contribution in [1.82, 2.24) is 0 Å². The van der Waals surface area contributed by atoms with Crippen molar-refractivity contribution in [3.05, 3.63) is 73.7 Å². The van der Waals surface area contributed by atoms with Crippen LogP contribution >= 0.6 is 15.9 Å². The van der Waals surface area contributed by atoms with Crippen LogP contribution in [0.4, 0.5) is 5.69 Å². The van der Waals surface area contributed by atoms with E-state index in [1.165, 1.54) is 12.1 Å². The molecule has 4 nitrogen and oxygen atoms in total. The number of hydrogen-bond acceptors (Lipinski definition) is 3. The Morgan fingerprint density at radius 2 is 1.90 bits per heavy atom. The van der Waals surface area contributed by atoms with Crippen LogP contribution in [0.15, 0.2) is 46.9 Å². The number of halogens is 1. The van der Waals surface area contributed by atoms with E-state index in [4.69, 9.17) is 0 Å². The van der Waals surface area contributed by atoms with Gasteiger partial charge in [-0.3, -0.25) is 10.1 Å². The first kappa shape index (κ1) is 14.7. The second kappa shape index (κ2) is 6.15. The van der Waals surface area contributed by atoms with E-state index in [2.05, 4.69) is 15.9 Å². The Labute approximate surface area is 125 Å². The van der Waals surface area contributed by atoms with Crippen LogP contribution in [0, 0.1) is 17.0 Å². The van der Waals surface area contributed by atoms with Crippen LogP contribution in [0.2, 0.25) is 0 Å². The van der Waals surface area contributed by atoms with Gasteiger partial charge >= 0.3 is 0 Å². The normalized spacial score (nSPS) is 12.2. The zero-order chi connectivity index (χ0) is 14.7. The SMILES string of the molecule is Cc1cc(Br)ccc1C(O)Cc1ccc([N+](=O)[O-])cc1. The Hall–Kier alpha value is -1.72. The summed E-state index contributed by atoms with van der Waals surface area (Å²) in [5.41, 5.74) is 2.80. The number of aliphatic hydroxyl groups excluding tert-OH is 1. The second-order valence-electron chi connectivity index (χ2n) is 4.64. The fourth-order valence-electron chi connectivity index (χ4n) is 2.10. The van der Waals surface area contributed by atoms with Gasteiger partial charge in [0.25, 0.3) is 5.69 Å². The predicted molar refractivity (Wildman–Crippen MR) is 80.6 cm³/mol. The lowest BCUT2D eigenvalue weighted by Crippen LogP contribution is -2.04. The van der Waals surface area contributed by atoms with E-state index in [1.54, 1.807) is 12.1 Å². The number of rotatable bonds is 4. The molecule has 104 valence electrons. The summed E-state index contributed by atoms with van der Waals surface area (Å²) >= 11 is 3.39. The number of non-ortho nitro benzene ring substituents is 1. The number of nitrogens with zero attached hydrogens (tertiary/aromatic N) is 1. The number of hydrogen-bond donors (Lipinski definition) is 1. The van der Waals surface area contributed by atoms with Crippen molar-refractivity contribution in [1.29, 1.82) is 0 Å². The average molecular weight is 336 g/mol. The molecule has 0 heterocycles. The largest absolute Gasteiger partial charge is 0.388 e. The lowest BCUT2D eigenvalue weighted by atomic mass is 9.98. The summed E-state index contributed by atoms with van der Waals surface area (Å²) in [7, 11) is 0. The summed E-state index contributed by atoms with van der Waals surface area (Å²) in [4.78, 5) is 10.2. The molecule has 5 heteroatoms. The van der Waals surface area contributed by atoms with E-state index in [9.17, 15) is 15.2 Å². The molecule has 0 aliphatic carbocycles. The van der Waals surface area contributed by atoms with Gasteiger partial charge in [0, 0.05) is 23.0 Å². The van der Waals surface area contributed by atoms with Crippen LogP contribution in [0.1, 0.15) is 22.8 Å². The first-order chi connectivity index (χ1) is 9.47. The average Bonchev–Trinajstić information content (AvgIpc) is 2.39. The number of benzene rings is 2. The number of nitro groups is 1. The van der Waals surface area contributed by atoms with Gasteiger partial charge in [0.05, 0.1) is 11.0 Å². The molecule has 1 unspecified atom stereocenters. The van der Waals surface area contributed by atoms with Crippen LogP contribution < -0.4 is 0 Å². The molecule has 2 aromatic carbocycles. The van der Waals surface area contributed by atoms with E-state index in [0.29, 0.717) is 6.42 Å². The molecule has 0 aliphatic rings. The molecule has 0 fully saturated rings. The maximum atomic E-state index is 10.6. The van der Waals surface area contributed by atoms with Gasteiger partial charge in [-0.2, -0.15) is 0 Å². The van der Waals surface area contributed by atoms with Crippen LogP contribution in [0.5, 0.6) is 0 Å². The highest BCUT2D eigenvalue weighted by atomic mass is 79.9. The number of nitro benzene ring substituents is 1. The molecular weight excluding hydrogens is 322 g/mol. The molecule has 0 radical (unpaired) electrons. The Kier molecular flexibility index (Phi) is 4.52. The standard InChI is InChI=1S/C15H14BrNO3/c1-10-8-12(16)4-7-14(10)15(18)9-11-2-5-13(6-3-11)17(19)20/h2-8,15,18H,9H2,1H3. The van der Waals surface area contributed by atoms with Gasteiger partial charge in [0.15, 0.2) is 0 Å². The van der Waals surface area contributed by atoms with Gasteiger partial charge in [-0.15, -0.1) is 0 Å². The third-order valence-corrected chi connectivity index (χ3v) is 3.66. The Morgan fingerprint density at radius 1 is 1.25 bits per heavy atom. The van der Waals surface area contributed by atoms with Crippen LogP contribution in [0.25, 0.3) is 0 Å². The summed E-state index contributed by atoms with van der Waals surface area (Å²) in [6.45, 7) is 1.94. The molecule has 2 aromatic rings. The highest BCUT2D eigenvalue weighted by Crippen LogP contribution is 2.25. The van der Waals surface area contributed by atoms with E-state index in [1.807, 2.05) is 25.1 Å². The molecule has 1 N–H and O–H groups in total. The van der Waals surface area contributed by atoms with Crippen molar-refractivity contribution in [3.63, 3.8) is 0 Å². The van der Waals surface area contributed by atoms with Gasteiger partial charge < -0.3 is 5.11 Å². The van der Waals surface area contributed by atoms with Gasteiger partial charge in [0.2, 0.25) is 0 Å². The third-order valence-electron chi connectivity index (χ3n) is 3.17. The topological polar surface area (TPSA) is 63.4 Å². The van der Waals surface area contributed by atoms with Crippen LogP contribution in [0.3, 0.4) is 0 Å². The molecule has 0 saturated carbocycles. The summed E-state index contributed by atoms with van der Waals surface area (Å²) in [6, 6.07) is 12.0. The molecule has 0 aliphatic heterocycles. The van der Waals surface area contributed by atoms with Crippen molar-refractivity contribution >= 4 is 21.6 Å². The molecule has 2 rings (SSSR count). The summed E-state index contributed by atoms with van der Waals surface area (Å²) in [5.74, 6) is 0. The van der Waals surface area contributed by atoms with Crippen molar-refractivity contribution in [3.8, 4) is 0 Å². The summed E-state index contributed by atoms with van der Waals surface area (Å²) in [5, 5.41) is 20.9. The number of aliphatic hydroxyl groups is 1. The molecule has 0 aromatic heterocycles. The van der Waals surface area contributed by atoms with Gasteiger partial charge in [-0.05, 0) is 35.7 Å². The number of aryl methyl sites for hydroxylation is 1. The van der Waals surface area contributed by atoms with Crippen molar-refractivity contribution < 1.29 is 10.0 Å². The quantitative estimate of drug-likeness (QED) is 0.679. The van der Waals surface area contributed by atoms with Crippen LogP contribution in [-0.4, -0.2) is 10.0 Å². The van der Waals surface area contributed by atoms with E-state index in [-0.39, 0.29) is 5.69 Å². The third kappa shape index (κ3) is 3.43. The highest BCUT2D eigenvalue weighted by Gasteiger charge is 2.12. The minimum absolute atomic E-state index is 0.0584. The lowest BCUT2D eigenvalue weighted by molar-refractivity contribution is -0.384. The molecule has 0 saturated heterocycles. The predicted octanol–water partition coefficient (Wildman–Crippen LogP) is 3.94. The van der Waals surface area contributed by atoms with Crippen molar-refractivity contribution in [2.75, 3.05) is 0 Å². The summed E-state index contributed by atoms with van der Waals surface area (Å²) < 4.78 is 0.973. The molecule has 0 spiro atoms. The maximum absolute atomic E-state index is 10.6. The van der Waals surface area contributed by atoms with E-state index < -0.39 is 11.0 Å². The first-order valence-corrected chi connectivity index (χ1v) is 6.94. The Balaban J connectivity index is 2.14. The second-order valence-corrected chi connectivity index (χ2v) is 5.56. The molecule has 20 heavy (non-hydrogen) atoms. The smallest absolute Gasteiger partial charge is 0.269 e. The minimum atomic E-state index is -0.621. The van der Waals surface area contributed by atoms with Crippen molar-refractivity contribution in [2.24, 2.45) is 0 Å². The Morgan fingerprint density at radius 3 is 2.45 bits per heavy atom. The lowest BCUT2D eigenvalue weighted by Gasteiger charge is -2.14. The van der Waals surface area contributed by atoms with E-state index in [0.717, 1.165) is 21.2 Å². The minimum Gasteiger partial charge on any atom is -0.388 e. The van der Waals surface area contributed by atoms with Crippen molar-refractivity contribution in [2.45, 2.75) is 19.4 Å². The molecule has 1 atom stereocenters. The fraction of sp³-hybridized carbons (Fsp3) is 0.200.